The summed E-state index contributed by atoms with van der Waals surface area (Å²) in [5.74, 6) is 0. The molecule has 0 aromatic heterocycles. The molecule has 0 saturated carbocycles. The molecule has 1 aromatic rings. The van der Waals surface area contributed by atoms with Crippen molar-refractivity contribution < 1.29 is 9.66 Å². The summed E-state index contributed by atoms with van der Waals surface area (Å²) in [6, 6.07) is 5.21. The number of nitro benzene ring substituents is 1. The minimum absolute atomic E-state index is 0.0946. The minimum Gasteiger partial charge on any atom is -0.381 e. The van der Waals surface area contributed by atoms with E-state index in [2.05, 4.69) is 17.5 Å². The third-order valence-corrected chi connectivity index (χ3v) is 2.97. The molecule has 0 amide bonds. The Kier molecular flexibility index (Phi) is 3.94. The van der Waals surface area contributed by atoms with Crippen LogP contribution in [0.3, 0.4) is 0 Å². The number of nitro groups is 1. The zero-order valence-corrected chi connectivity index (χ0v) is 10.3. The highest BCUT2D eigenvalue weighted by Crippen LogP contribution is 2.25. The molecule has 0 aliphatic heterocycles. The predicted molar refractivity (Wildman–Crippen MR) is 69.6 cm³/mol. The van der Waals surface area contributed by atoms with Crippen molar-refractivity contribution in [1.82, 2.24) is 0 Å². The third-order valence-electron chi connectivity index (χ3n) is 2.97. The van der Waals surface area contributed by atoms with Crippen LogP contribution in [-0.2, 0) is 11.3 Å². The van der Waals surface area contributed by atoms with Crippen molar-refractivity contribution in [3.63, 3.8) is 0 Å². The van der Waals surface area contributed by atoms with Gasteiger partial charge in [-0.2, -0.15) is 0 Å². The van der Waals surface area contributed by atoms with Crippen LogP contribution < -0.4 is 5.32 Å². The summed E-state index contributed by atoms with van der Waals surface area (Å²) >= 11 is 0. The van der Waals surface area contributed by atoms with Gasteiger partial charge in [-0.1, -0.05) is 12.2 Å². The molecule has 0 bridgehead atoms. The summed E-state index contributed by atoms with van der Waals surface area (Å²) in [6.45, 7) is 0.365. The van der Waals surface area contributed by atoms with E-state index in [1.54, 1.807) is 19.2 Å². The molecule has 0 saturated heterocycles. The van der Waals surface area contributed by atoms with Gasteiger partial charge in [0, 0.05) is 36.5 Å². The van der Waals surface area contributed by atoms with Crippen molar-refractivity contribution in [3.8, 4) is 0 Å². The quantitative estimate of drug-likeness (QED) is 0.494. The Morgan fingerprint density at radius 2 is 2.17 bits per heavy atom. The Morgan fingerprint density at radius 3 is 2.78 bits per heavy atom. The maximum Gasteiger partial charge on any atom is 0.269 e. The summed E-state index contributed by atoms with van der Waals surface area (Å²) in [6.07, 6.45) is 6.25. The fraction of sp³-hybridized carbons (Fsp3) is 0.385. The molecule has 5 heteroatoms. The zero-order chi connectivity index (χ0) is 13.0. The van der Waals surface area contributed by atoms with Crippen molar-refractivity contribution in [3.05, 3.63) is 46.0 Å². The highest BCUT2D eigenvalue weighted by Gasteiger charge is 2.14. The average Bonchev–Trinajstić information content (AvgIpc) is 2.84. The molecule has 0 heterocycles. The summed E-state index contributed by atoms with van der Waals surface area (Å²) in [5.41, 5.74) is 1.83. The second-order valence-corrected chi connectivity index (χ2v) is 4.32. The van der Waals surface area contributed by atoms with Gasteiger partial charge < -0.3 is 10.1 Å². The number of methoxy groups -OCH3 is 1. The van der Waals surface area contributed by atoms with E-state index in [0.29, 0.717) is 12.6 Å². The maximum atomic E-state index is 10.7. The van der Waals surface area contributed by atoms with E-state index in [1.807, 2.05) is 0 Å². The topological polar surface area (TPSA) is 64.4 Å². The molecular weight excluding hydrogens is 232 g/mol. The lowest BCUT2D eigenvalue weighted by molar-refractivity contribution is -0.384. The lowest BCUT2D eigenvalue weighted by Gasteiger charge is -2.16. The van der Waals surface area contributed by atoms with Gasteiger partial charge in [0.1, 0.15) is 0 Å². The van der Waals surface area contributed by atoms with Gasteiger partial charge in [0.25, 0.3) is 5.69 Å². The van der Waals surface area contributed by atoms with E-state index in [1.165, 1.54) is 6.07 Å². The number of benzene rings is 1. The number of nitrogens with one attached hydrogen (secondary N) is 1. The predicted octanol–water partition coefficient (Wildman–Crippen LogP) is 2.87. The first kappa shape index (κ1) is 12.6. The fourth-order valence-corrected chi connectivity index (χ4v) is 2.06. The molecule has 5 nitrogen and oxygen atoms in total. The molecule has 96 valence electrons. The van der Waals surface area contributed by atoms with Crippen molar-refractivity contribution >= 4 is 11.4 Å². The Bertz CT molecular complexity index is 463. The van der Waals surface area contributed by atoms with Crippen LogP contribution in [0.2, 0.25) is 0 Å². The Labute approximate surface area is 106 Å². The number of hydrogen-bond donors (Lipinski definition) is 1. The summed E-state index contributed by atoms with van der Waals surface area (Å²) in [5, 5.41) is 14.1. The Hall–Kier alpha value is -1.88. The number of rotatable bonds is 5. The Morgan fingerprint density at radius 1 is 1.44 bits per heavy atom. The fourth-order valence-electron chi connectivity index (χ4n) is 2.06. The third kappa shape index (κ3) is 2.87. The van der Waals surface area contributed by atoms with Gasteiger partial charge in [-0.25, -0.2) is 0 Å². The van der Waals surface area contributed by atoms with Gasteiger partial charge in [0.15, 0.2) is 0 Å². The number of non-ortho nitro benzene ring substituents is 1. The van der Waals surface area contributed by atoms with E-state index >= 15 is 0 Å². The number of hydrogen-bond acceptors (Lipinski definition) is 4. The zero-order valence-electron chi connectivity index (χ0n) is 10.3. The van der Waals surface area contributed by atoms with Crippen LogP contribution in [0.25, 0.3) is 0 Å². The first-order valence-corrected chi connectivity index (χ1v) is 5.88. The van der Waals surface area contributed by atoms with E-state index in [-0.39, 0.29) is 10.6 Å². The molecule has 0 fully saturated rings. The van der Waals surface area contributed by atoms with Crippen molar-refractivity contribution in [2.45, 2.75) is 25.5 Å². The van der Waals surface area contributed by atoms with E-state index in [0.717, 1.165) is 24.1 Å². The van der Waals surface area contributed by atoms with Crippen molar-refractivity contribution in [1.29, 1.82) is 0 Å². The molecule has 2 rings (SSSR count). The van der Waals surface area contributed by atoms with Gasteiger partial charge in [-0.3, -0.25) is 10.1 Å². The normalized spacial score (nSPS) is 14.9. The first-order valence-electron chi connectivity index (χ1n) is 5.88. The molecule has 0 radical (unpaired) electrons. The van der Waals surface area contributed by atoms with Crippen molar-refractivity contribution in [2.75, 3.05) is 12.4 Å². The molecular formula is C13H16N2O3. The lowest BCUT2D eigenvalue weighted by atomic mass is 10.1. The molecule has 18 heavy (non-hydrogen) atoms. The SMILES string of the molecule is COCc1cc([N+](=O)[O-])ccc1NC1CC=CC1. The Balaban J connectivity index is 2.19. The van der Waals surface area contributed by atoms with Crippen LogP contribution in [0.5, 0.6) is 0 Å². The second-order valence-electron chi connectivity index (χ2n) is 4.32. The molecule has 1 aromatic carbocycles. The molecule has 1 aliphatic carbocycles. The second kappa shape index (κ2) is 5.64. The van der Waals surface area contributed by atoms with Gasteiger partial charge in [0.2, 0.25) is 0 Å². The molecule has 0 unspecified atom stereocenters. The van der Waals surface area contributed by atoms with Crippen molar-refractivity contribution in [2.24, 2.45) is 0 Å². The smallest absolute Gasteiger partial charge is 0.269 e. The molecule has 0 spiro atoms. The molecule has 0 atom stereocenters. The van der Waals surface area contributed by atoms with Gasteiger partial charge in [0.05, 0.1) is 11.5 Å². The van der Waals surface area contributed by atoms with Crippen LogP contribution in [0.4, 0.5) is 11.4 Å². The maximum absolute atomic E-state index is 10.7. The van der Waals surface area contributed by atoms with Crippen LogP contribution in [-0.4, -0.2) is 18.1 Å². The average molecular weight is 248 g/mol. The van der Waals surface area contributed by atoms with E-state index in [9.17, 15) is 10.1 Å². The lowest BCUT2D eigenvalue weighted by Crippen LogP contribution is -2.16. The number of nitrogens with zero attached hydrogens (tertiary/aromatic N) is 1. The van der Waals surface area contributed by atoms with Gasteiger partial charge in [-0.05, 0) is 18.9 Å². The highest BCUT2D eigenvalue weighted by atomic mass is 16.6. The first-order chi connectivity index (χ1) is 8.70. The van der Waals surface area contributed by atoms with Crippen LogP contribution >= 0.6 is 0 Å². The highest BCUT2D eigenvalue weighted by molar-refractivity contribution is 5.56. The van der Waals surface area contributed by atoms with Gasteiger partial charge >= 0.3 is 0 Å². The largest absolute Gasteiger partial charge is 0.381 e. The van der Waals surface area contributed by atoms with Gasteiger partial charge in [-0.15, -0.1) is 0 Å². The monoisotopic (exact) mass is 248 g/mol. The van der Waals surface area contributed by atoms with Crippen LogP contribution in [0.15, 0.2) is 30.4 Å². The van der Waals surface area contributed by atoms with Crippen LogP contribution in [0, 0.1) is 10.1 Å². The summed E-state index contributed by atoms with van der Waals surface area (Å²) in [4.78, 5) is 10.4. The summed E-state index contributed by atoms with van der Waals surface area (Å²) < 4.78 is 5.09. The van der Waals surface area contributed by atoms with E-state index in [4.69, 9.17) is 4.74 Å². The minimum atomic E-state index is -0.389. The standard InChI is InChI=1S/C13H16N2O3/c1-18-9-10-8-12(15(16)17)6-7-13(10)14-11-4-2-3-5-11/h2-3,6-8,11,14H,4-5,9H2,1H3. The summed E-state index contributed by atoms with van der Waals surface area (Å²) in [7, 11) is 1.58. The molecule has 1 aliphatic rings. The number of anilines is 1. The van der Waals surface area contributed by atoms with Crippen LogP contribution in [0.1, 0.15) is 18.4 Å². The number of ether oxygens (including phenoxy) is 1. The van der Waals surface area contributed by atoms with E-state index < -0.39 is 0 Å². The molecule has 1 N–H and O–H groups in total.